The number of piperidine rings is 1. The number of nitrogens with zero attached hydrogens (tertiary/aromatic N) is 2. The Bertz CT molecular complexity index is 420. The lowest BCUT2D eigenvalue weighted by Crippen LogP contribution is -2.39. The van der Waals surface area contributed by atoms with Gasteiger partial charge < -0.3 is 14.2 Å². The van der Waals surface area contributed by atoms with E-state index in [1.54, 1.807) is 11.8 Å². The van der Waals surface area contributed by atoms with Crippen molar-refractivity contribution in [2.75, 3.05) is 19.7 Å². The van der Waals surface area contributed by atoms with Gasteiger partial charge in [-0.2, -0.15) is 0 Å². The molecule has 0 aromatic carbocycles. The molecule has 5 nitrogen and oxygen atoms in total. The molecule has 1 amide bonds. The van der Waals surface area contributed by atoms with Gasteiger partial charge in [-0.3, -0.25) is 9.59 Å². The number of carbonyl (C=O) groups excluding carboxylic acids is 2. The highest BCUT2D eigenvalue weighted by Gasteiger charge is 2.24. The zero-order chi connectivity index (χ0) is 13.7. The smallest absolute Gasteiger partial charge is 0.315 e. The molecule has 1 fully saturated rings. The van der Waals surface area contributed by atoms with Crippen molar-refractivity contribution < 1.29 is 14.3 Å². The molecule has 0 bridgehead atoms. The maximum Gasteiger partial charge on any atom is 0.315 e. The van der Waals surface area contributed by atoms with Crippen LogP contribution < -0.4 is 0 Å². The summed E-state index contributed by atoms with van der Waals surface area (Å²) in [6.45, 7) is 3.48. The average Bonchev–Trinajstić information content (AvgIpc) is 2.93. The molecule has 0 N–H and O–H groups in total. The molecule has 1 aromatic heterocycles. The Labute approximate surface area is 113 Å². The minimum absolute atomic E-state index is 0.121. The Morgan fingerprint density at radius 3 is 2.42 bits per heavy atom. The number of rotatable bonds is 4. The third-order valence-electron chi connectivity index (χ3n) is 3.47. The second-order valence-corrected chi connectivity index (χ2v) is 4.72. The normalized spacial score (nSPS) is 16.4. The molecule has 2 heterocycles. The summed E-state index contributed by atoms with van der Waals surface area (Å²) >= 11 is 0. The second-order valence-electron chi connectivity index (χ2n) is 4.72. The lowest BCUT2D eigenvalue weighted by Gasteiger charge is -2.32. The summed E-state index contributed by atoms with van der Waals surface area (Å²) in [7, 11) is 0. The van der Waals surface area contributed by atoms with E-state index >= 15 is 0 Å². The van der Waals surface area contributed by atoms with E-state index < -0.39 is 5.97 Å². The van der Waals surface area contributed by atoms with E-state index in [2.05, 4.69) is 17.0 Å². The monoisotopic (exact) mass is 264 g/mol. The van der Waals surface area contributed by atoms with Gasteiger partial charge >= 0.3 is 5.97 Å². The van der Waals surface area contributed by atoms with Gasteiger partial charge in [0.2, 0.25) is 5.91 Å². The molecule has 0 aliphatic carbocycles. The van der Waals surface area contributed by atoms with Crippen molar-refractivity contribution in [1.82, 2.24) is 9.47 Å². The second kappa shape index (κ2) is 6.41. The largest absolute Gasteiger partial charge is 0.466 e. The highest BCUT2D eigenvalue weighted by atomic mass is 16.5. The van der Waals surface area contributed by atoms with Crippen molar-refractivity contribution in [2.24, 2.45) is 0 Å². The lowest BCUT2D eigenvalue weighted by molar-refractivity contribution is -0.149. The zero-order valence-electron chi connectivity index (χ0n) is 11.2. The molecule has 0 saturated carbocycles. The molecule has 0 spiro atoms. The first kappa shape index (κ1) is 13.6. The molecule has 0 unspecified atom stereocenters. The van der Waals surface area contributed by atoms with E-state index in [1.165, 1.54) is 0 Å². The third kappa shape index (κ3) is 3.59. The van der Waals surface area contributed by atoms with E-state index in [0.29, 0.717) is 25.7 Å². The van der Waals surface area contributed by atoms with Gasteiger partial charge in [0.15, 0.2) is 0 Å². The van der Waals surface area contributed by atoms with E-state index in [-0.39, 0.29) is 12.3 Å². The number of amides is 1. The van der Waals surface area contributed by atoms with Crippen molar-refractivity contribution in [1.29, 1.82) is 0 Å². The van der Waals surface area contributed by atoms with E-state index in [4.69, 9.17) is 4.74 Å². The molecule has 2 rings (SSSR count). The van der Waals surface area contributed by atoms with Crippen LogP contribution in [0.3, 0.4) is 0 Å². The fraction of sp³-hybridized carbons (Fsp3) is 0.571. The number of ether oxygens (including phenoxy) is 1. The summed E-state index contributed by atoms with van der Waals surface area (Å²) in [5.41, 5.74) is 0. The van der Waals surface area contributed by atoms with Gasteiger partial charge in [-0.15, -0.1) is 0 Å². The van der Waals surface area contributed by atoms with Gasteiger partial charge in [-0.25, -0.2) is 0 Å². The van der Waals surface area contributed by atoms with Crippen LogP contribution in [0.5, 0.6) is 0 Å². The third-order valence-corrected chi connectivity index (χ3v) is 3.47. The highest BCUT2D eigenvalue weighted by molar-refractivity contribution is 5.94. The van der Waals surface area contributed by atoms with Crippen molar-refractivity contribution >= 4 is 11.9 Å². The first-order valence-corrected chi connectivity index (χ1v) is 6.76. The van der Waals surface area contributed by atoms with Crippen molar-refractivity contribution in [3.8, 4) is 0 Å². The summed E-state index contributed by atoms with van der Waals surface area (Å²) in [6, 6.07) is 4.48. The van der Waals surface area contributed by atoms with Gasteiger partial charge in [0.1, 0.15) is 6.42 Å². The lowest BCUT2D eigenvalue weighted by atomic mass is 10.0. The fourth-order valence-electron chi connectivity index (χ4n) is 2.45. The Morgan fingerprint density at radius 1 is 1.21 bits per heavy atom. The first-order valence-electron chi connectivity index (χ1n) is 6.76. The van der Waals surface area contributed by atoms with Gasteiger partial charge in [-0.05, 0) is 31.9 Å². The number of hydrogen-bond acceptors (Lipinski definition) is 3. The Hall–Kier alpha value is -1.78. The summed E-state index contributed by atoms with van der Waals surface area (Å²) in [5.74, 6) is -0.551. The van der Waals surface area contributed by atoms with Crippen LogP contribution >= 0.6 is 0 Å². The SMILES string of the molecule is CCOC(=O)CC(=O)N1CCC(n2cccc2)CC1. The van der Waals surface area contributed by atoms with E-state index in [1.807, 2.05) is 12.1 Å². The number of aromatic nitrogens is 1. The molecule has 104 valence electrons. The van der Waals surface area contributed by atoms with Gasteiger partial charge in [-0.1, -0.05) is 0 Å². The van der Waals surface area contributed by atoms with Crippen molar-refractivity contribution in [3.63, 3.8) is 0 Å². The summed E-state index contributed by atoms with van der Waals surface area (Å²) in [4.78, 5) is 24.9. The Balaban J connectivity index is 1.79. The zero-order valence-corrected chi connectivity index (χ0v) is 11.2. The van der Waals surface area contributed by atoms with E-state index in [9.17, 15) is 9.59 Å². The fourth-order valence-corrected chi connectivity index (χ4v) is 2.45. The number of likely N-dealkylation sites (tertiary alicyclic amines) is 1. The van der Waals surface area contributed by atoms with Gasteiger partial charge in [0, 0.05) is 31.5 Å². The number of carbonyl (C=O) groups is 2. The summed E-state index contributed by atoms with van der Waals surface area (Å²) in [5, 5.41) is 0. The predicted molar refractivity (Wildman–Crippen MR) is 70.5 cm³/mol. The molecular weight excluding hydrogens is 244 g/mol. The Morgan fingerprint density at radius 2 is 1.84 bits per heavy atom. The van der Waals surface area contributed by atoms with Crippen LogP contribution in [0.4, 0.5) is 0 Å². The topological polar surface area (TPSA) is 51.5 Å². The van der Waals surface area contributed by atoms with E-state index in [0.717, 1.165) is 12.8 Å². The quantitative estimate of drug-likeness (QED) is 0.613. The van der Waals surface area contributed by atoms with Crippen LogP contribution in [0.2, 0.25) is 0 Å². The molecular formula is C14H20N2O3. The van der Waals surface area contributed by atoms with Crippen LogP contribution in [0.15, 0.2) is 24.5 Å². The minimum atomic E-state index is -0.431. The van der Waals surface area contributed by atoms with Crippen molar-refractivity contribution in [3.05, 3.63) is 24.5 Å². The highest BCUT2D eigenvalue weighted by Crippen LogP contribution is 2.22. The van der Waals surface area contributed by atoms with Crippen molar-refractivity contribution in [2.45, 2.75) is 32.2 Å². The minimum Gasteiger partial charge on any atom is -0.466 e. The molecule has 1 aliphatic heterocycles. The van der Waals surface area contributed by atoms with Crippen LogP contribution in [-0.4, -0.2) is 41.0 Å². The molecule has 5 heteroatoms. The molecule has 0 atom stereocenters. The maximum absolute atomic E-state index is 11.9. The average molecular weight is 264 g/mol. The molecule has 1 aliphatic rings. The van der Waals surface area contributed by atoms with Crippen LogP contribution in [-0.2, 0) is 14.3 Å². The first-order chi connectivity index (χ1) is 9.20. The predicted octanol–water partition coefficient (Wildman–Crippen LogP) is 1.60. The maximum atomic E-state index is 11.9. The van der Waals surface area contributed by atoms with Crippen LogP contribution in [0.1, 0.15) is 32.2 Å². The number of esters is 1. The van der Waals surface area contributed by atoms with Crippen LogP contribution in [0.25, 0.3) is 0 Å². The van der Waals surface area contributed by atoms with Gasteiger partial charge in [0.05, 0.1) is 6.61 Å². The number of hydrogen-bond donors (Lipinski definition) is 0. The summed E-state index contributed by atoms with van der Waals surface area (Å²) < 4.78 is 6.98. The Kier molecular flexibility index (Phi) is 4.60. The molecule has 1 saturated heterocycles. The summed E-state index contributed by atoms with van der Waals surface area (Å²) in [6.07, 6.45) is 5.84. The van der Waals surface area contributed by atoms with Gasteiger partial charge in [0.25, 0.3) is 0 Å². The standard InChI is InChI=1S/C14H20N2O3/c1-2-19-14(18)11-13(17)16-9-5-12(6-10-16)15-7-3-4-8-15/h3-4,7-8,12H,2,5-6,9-11H2,1H3. The molecule has 19 heavy (non-hydrogen) atoms. The molecule has 0 radical (unpaired) electrons. The van der Waals surface area contributed by atoms with Crippen LogP contribution in [0, 0.1) is 0 Å². The molecule has 1 aromatic rings.